The van der Waals surface area contributed by atoms with Crippen LogP contribution < -0.4 is 24.8 Å². The molecule has 8 rings (SSSR count). The summed E-state index contributed by atoms with van der Waals surface area (Å²) in [5.41, 5.74) is 2.55. The average molecular weight is 655 g/mol. The molecule has 4 heteroatoms. The van der Waals surface area contributed by atoms with Crippen LogP contribution >= 0.6 is 0 Å². The number of benzene rings is 4. The van der Waals surface area contributed by atoms with Crippen LogP contribution in [-0.2, 0) is 43.4 Å². The van der Waals surface area contributed by atoms with E-state index in [2.05, 4.69) is 159 Å². The maximum absolute atomic E-state index is 3.12. The standard InChI is InChI=1S/2C13H9.2C6H7.2ClH.2Ti/c2*1-3-7-12-10(5-1)9-11-6-2-4-8-13(11)12;2*1-6-4-2-3-5-6;;;;/h2*1-9H;2*2,4H,3H2,1H3;2*1H;;/q4*-1;;;2*+2/p-2. The molecule has 0 saturated carbocycles. The molecular weight excluding hydrogens is 623 g/mol. The van der Waals surface area contributed by atoms with Crippen molar-refractivity contribution < 1.29 is 68.2 Å². The van der Waals surface area contributed by atoms with Crippen molar-refractivity contribution in [1.29, 1.82) is 0 Å². The second kappa shape index (κ2) is 19.0. The van der Waals surface area contributed by atoms with Crippen LogP contribution in [0, 0.1) is 12.2 Å². The molecule has 6 aromatic rings. The van der Waals surface area contributed by atoms with Gasteiger partial charge in [-0.25, -0.2) is 23.3 Å². The summed E-state index contributed by atoms with van der Waals surface area (Å²) in [6, 6.07) is 38.5. The van der Waals surface area contributed by atoms with Crippen molar-refractivity contribution >= 4 is 43.1 Å². The van der Waals surface area contributed by atoms with Crippen molar-refractivity contribution in [2.45, 2.75) is 26.7 Å². The van der Waals surface area contributed by atoms with Crippen LogP contribution in [0.5, 0.6) is 0 Å². The van der Waals surface area contributed by atoms with E-state index < -0.39 is 0 Å². The topological polar surface area (TPSA) is 0 Å². The van der Waals surface area contributed by atoms with E-state index in [9.17, 15) is 0 Å². The minimum Gasteiger partial charge on any atom is -1.00 e. The molecule has 0 saturated heterocycles. The number of hydrogen-bond acceptors (Lipinski definition) is 0. The zero-order valence-corrected chi connectivity index (χ0v) is 28.5. The number of halogens is 2. The van der Waals surface area contributed by atoms with E-state index in [1.807, 2.05) is 0 Å². The molecule has 0 aliphatic heterocycles. The third-order valence-corrected chi connectivity index (χ3v) is 6.78. The van der Waals surface area contributed by atoms with Crippen LogP contribution in [0.3, 0.4) is 0 Å². The van der Waals surface area contributed by atoms with Crippen molar-refractivity contribution in [3.8, 4) is 0 Å². The van der Waals surface area contributed by atoms with Gasteiger partial charge in [-0.2, -0.15) is 12.2 Å². The predicted molar refractivity (Wildman–Crippen MR) is 166 cm³/mol. The monoisotopic (exact) mass is 654 g/mol. The first-order valence-corrected chi connectivity index (χ1v) is 13.2. The summed E-state index contributed by atoms with van der Waals surface area (Å²) >= 11 is 0. The minimum absolute atomic E-state index is 0. The Bertz CT molecular complexity index is 1560. The van der Waals surface area contributed by atoms with Gasteiger partial charge in [0.1, 0.15) is 0 Å². The number of rotatable bonds is 0. The molecule has 0 heterocycles. The molecule has 42 heavy (non-hydrogen) atoms. The summed E-state index contributed by atoms with van der Waals surface area (Å²) in [5, 5.41) is 10.8. The van der Waals surface area contributed by atoms with Gasteiger partial charge in [0.25, 0.3) is 0 Å². The molecule has 0 N–H and O–H groups in total. The van der Waals surface area contributed by atoms with E-state index in [0.717, 1.165) is 12.8 Å². The van der Waals surface area contributed by atoms with Crippen molar-refractivity contribution in [1.82, 2.24) is 0 Å². The summed E-state index contributed by atoms with van der Waals surface area (Å²) in [5.74, 6) is 0. The Morgan fingerprint density at radius 1 is 0.452 bits per heavy atom. The molecule has 2 aliphatic carbocycles. The zero-order chi connectivity index (χ0) is 26.2. The fraction of sp³-hybridized carbons (Fsp3) is 0.105. The Labute approximate surface area is 292 Å². The number of fused-ring (bicyclic) bond motifs is 6. The van der Waals surface area contributed by atoms with Gasteiger partial charge in [-0.05, 0) is 0 Å². The van der Waals surface area contributed by atoms with Gasteiger partial charge >= 0.3 is 43.4 Å². The molecule has 6 aromatic carbocycles. The molecule has 208 valence electrons. The Hall–Kier alpha value is -2.41. The zero-order valence-electron chi connectivity index (χ0n) is 23.9. The molecule has 2 aliphatic rings. The summed E-state index contributed by atoms with van der Waals surface area (Å²) in [4.78, 5) is 0. The second-order valence-corrected chi connectivity index (χ2v) is 9.57. The van der Waals surface area contributed by atoms with E-state index in [-0.39, 0.29) is 68.2 Å². The molecule has 0 amide bonds. The van der Waals surface area contributed by atoms with Crippen LogP contribution in [0.1, 0.15) is 26.7 Å². The van der Waals surface area contributed by atoms with E-state index in [1.54, 1.807) is 0 Å². The van der Waals surface area contributed by atoms with Crippen LogP contribution in [-0.4, -0.2) is 0 Å². The fourth-order valence-corrected chi connectivity index (χ4v) is 4.84. The second-order valence-electron chi connectivity index (χ2n) is 9.57. The van der Waals surface area contributed by atoms with Crippen molar-refractivity contribution in [3.05, 3.63) is 157 Å². The normalized spacial score (nSPS) is 12.1. The third-order valence-electron chi connectivity index (χ3n) is 6.78. The van der Waals surface area contributed by atoms with Crippen molar-refractivity contribution in [2.24, 2.45) is 0 Å². The summed E-state index contributed by atoms with van der Waals surface area (Å²) < 4.78 is 0. The Balaban J connectivity index is 0.000000287. The van der Waals surface area contributed by atoms with Crippen LogP contribution in [0.2, 0.25) is 0 Å². The first-order valence-electron chi connectivity index (χ1n) is 13.2. The van der Waals surface area contributed by atoms with E-state index in [0.29, 0.717) is 0 Å². The Kier molecular flexibility index (Phi) is 17.0. The van der Waals surface area contributed by atoms with Crippen molar-refractivity contribution in [2.75, 3.05) is 0 Å². The van der Waals surface area contributed by atoms with Gasteiger partial charge in [-0.15, -0.1) is 92.3 Å². The maximum Gasteiger partial charge on any atom is 2.00 e. The van der Waals surface area contributed by atoms with E-state index >= 15 is 0 Å². The van der Waals surface area contributed by atoms with Gasteiger partial charge in [0.05, 0.1) is 0 Å². The molecule has 0 unspecified atom stereocenters. The molecule has 0 spiro atoms. The van der Waals surface area contributed by atoms with Gasteiger partial charge < -0.3 is 24.8 Å². The van der Waals surface area contributed by atoms with E-state index in [1.165, 1.54) is 54.2 Å². The molecular formula is C38H32Cl2Ti2-2. The van der Waals surface area contributed by atoms with Crippen molar-refractivity contribution in [3.63, 3.8) is 0 Å². The minimum atomic E-state index is 0. The molecule has 0 radical (unpaired) electrons. The Morgan fingerprint density at radius 2 is 0.714 bits per heavy atom. The van der Waals surface area contributed by atoms with Gasteiger partial charge in [0.15, 0.2) is 0 Å². The predicted octanol–water partition coefficient (Wildman–Crippen LogP) is 4.82. The molecule has 0 nitrogen and oxygen atoms in total. The van der Waals surface area contributed by atoms with Crippen LogP contribution in [0.4, 0.5) is 0 Å². The molecule has 0 fully saturated rings. The Morgan fingerprint density at radius 3 is 0.905 bits per heavy atom. The van der Waals surface area contributed by atoms with Crippen LogP contribution in [0.15, 0.2) is 145 Å². The molecule has 0 atom stereocenters. The van der Waals surface area contributed by atoms with Gasteiger partial charge in [0.2, 0.25) is 0 Å². The van der Waals surface area contributed by atoms with Gasteiger partial charge in [0, 0.05) is 0 Å². The van der Waals surface area contributed by atoms with Gasteiger partial charge in [-0.3, -0.25) is 12.2 Å². The summed E-state index contributed by atoms with van der Waals surface area (Å²) in [6.07, 6.45) is 16.7. The molecule has 0 bridgehead atoms. The summed E-state index contributed by atoms with van der Waals surface area (Å²) in [7, 11) is 0. The average Bonchev–Trinajstić information content (AvgIpc) is 3.76. The summed E-state index contributed by atoms with van der Waals surface area (Å²) in [6.45, 7) is 4.12. The first kappa shape index (κ1) is 37.6. The van der Waals surface area contributed by atoms with Crippen LogP contribution in [0.25, 0.3) is 43.1 Å². The largest absolute Gasteiger partial charge is 2.00 e. The SMILES string of the molecule is CC1=[C-]CC=C1.CC1=[C-]CC=C1.[Cl-].[Cl-].[Ti+2].[Ti+2].c1ccc2c(c1)[cH-]c1ccccc12.c1ccc2c(c1)[cH-]c1ccccc12. The van der Waals surface area contributed by atoms with Gasteiger partial charge in [-0.1, -0.05) is 86.6 Å². The molecule has 0 aromatic heterocycles. The first-order chi connectivity index (χ1) is 18.7. The maximum atomic E-state index is 3.12. The number of hydrogen-bond donors (Lipinski definition) is 0. The van der Waals surface area contributed by atoms with E-state index in [4.69, 9.17) is 0 Å². The fourth-order valence-electron chi connectivity index (χ4n) is 4.84. The number of allylic oxidation sites excluding steroid dienone is 8. The smallest absolute Gasteiger partial charge is 1.00 e. The quantitative estimate of drug-likeness (QED) is 0.163. The third kappa shape index (κ3) is 9.82.